The highest BCUT2D eigenvalue weighted by Crippen LogP contribution is 2.81. The van der Waals surface area contributed by atoms with Crippen LogP contribution >= 0.6 is 0 Å². The molecular formula is C25H36O7. The molecule has 3 unspecified atom stereocenters. The number of fused-ring (bicyclic) bond motifs is 2. The van der Waals surface area contributed by atoms with Crippen molar-refractivity contribution in [2.24, 2.45) is 28.6 Å². The molecule has 0 bridgehead atoms. The molecule has 7 nitrogen and oxygen atoms in total. The van der Waals surface area contributed by atoms with Crippen LogP contribution in [0.4, 0.5) is 0 Å². The normalized spacial score (nSPS) is 53.2. The largest absolute Gasteiger partial charge is 0.458 e. The predicted octanol–water partition coefficient (Wildman–Crippen LogP) is 2.95. The van der Waals surface area contributed by atoms with E-state index < -0.39 is 40.8 Å². The van der Waals surface area contributed by atoms with Gasteiger partial charge in [-0.1, -0.05) is 13.8 Å². The molecule has 4 aliphatic carbocycles. The molecule has 5 aliphatic rings. The summed E-state index contributed by atoms with van der Waals surface area (Å²) in [7, 11) is 0. The SMILES string of the molecule is CC(=O)OC1C(OC(C)=O)[C@]2(C)[C@H](C(C)=O)CC[C@@]23O[C@]32CC[C@H]3CC(O)CC[C@]3(C)[C@@H]12. The minimum Gasteiger partial charge on any atom is -0.458 e. The van der Waals surface area contributed by atoms with E-state index in [-0.39, 0.29) is 35.1 Å². The number of hydrogen-bond donors (Lipinski definition) is 1. The van der Waals surface area contributed by atoms with Gasteiger partial charge in [-0.05, 0) is 63.2 Å². The number of Topliss-reactive ketones (excluding diaryl/α,β-unsaturated/α-hetero) is 1. The number of esters is 2. The number of carbonyl (C=O) groups excluding carboxylic acids is 3. The molecule has 1 saturated heterocycles. The van der Waals surface area contributed by atoms with Crippen LogP contribution in [0.25, 0.3) is 0 Å². The van der Waals surface area contributed by atoms with Crippen LogP contribution in [-0.4, -0.2) is 52.3 Å². The fourth-order valence-electron chi connectivity index (χ4n) is 9.11. The van der Waals surface area contributed by atoms with E-state index in [2.05, 4.69) is 6.92 Å². The predicted molar refractivity (Wildman–Crippen MR) is 113 cm³/mol. The quantitative estimate of drug-likeness (QED) is 0.523. The highest BCUT2D eigenvalue weighted by Gasteiger charge is 2.91. The summed E-state index contributed by atoms with van der Waals surface area (Å²) in [6.07, 6.45) is 3.69. The Morgan fingerprint density at radius 2 is 1.62 bits per heavy atom. The third-order valence-electron chi connectivity index (χ3n) is 10.3. The van der Waals surface area contributed by atoms with Gasteiger partial charge in [0.05, 0.1) is 6.10 Å². The van der Waals surface area contributed by atoms with E-state index in [0.29, 0.717) is 12.8 Å². The van der Waals surface area contributed by atoms with Crippen LogP contribution in [0, 0.1) is 28.6 Å². The van der Waals surface area contributed by atoms with Gasteiger partial charge < -0.3 is 19.3 Å². The molecule has 0 aromatic heterocycles. The monoisotopic (exact) mass is 448 g/mol. The Morgan fingerprint density at radius 1 is 0.938 bits per heavy atom. The highest BCUT2D eigenvalue weighted by atomic mass is 16.7. The van der Waals surface area contributed by atoms with Crippen molar-refractivity contribution in [3.63, 3.8) is 0 Å². The molecule has 0 aromatic carbocycles. The van der Waals surface area contributed by atoms with Gasteiger partial charge in [-0.2, -0.15) is 0 Å². The van der Waals surface area contributed by atoms with Crippen LogP contribution in [-0.2, 0) is 28.6 Å². The third-order valence-corrected chi connectivity index (χ3v) is 10.3. The van der Waals surface area contributed by atoms with Crippen molar-refractivity contribution in [2.75, 3.05) is 0 Å². The molecule has 7 heteroatoms. The van der Waals surface area contributed by atoms with E-state index in [1.54, 1.807) is 6.92 Å². The number of hydrogen-bond acceptors (Lipinski definition) is 7. The average molecular weight is 449 g/mol. The summed E-state index contributed by atoms with van der Waals surface area (Å²) in [5, 5.41) is 10.4. The number of aliphatic hydroxyl groups is 1. The van der Waals surface area contributed by atoms with Gasteiger partial charge in [-0.15, -0.1) is 0 Å². The number of aliphatic hydroxyl groups excluding tert-OH is 1. The van der Waals surface area contributed by atoms with Crippen molar-refractivity contribution in [1.82, 2.24) is 0 Å². The van der Waals surface area contributed by atoms with E-state index >= 15 is 0 Å². The second kappa shape index (κ2) is 6.78. The molecule has 4 saturated carbocycles. The van der Waals surface area contributed by atoms with Crippen molar-refractivity contribution in [1.29, 1.82) is 0 Å². The maximum Gasteiger partial charge on any atom is 0.303 e. The molecule has 5 fully saturated rings. The zero-order valence-electron chi connectivity index (χ0n) is 19.8. The topological polar surface area (TPSA) is 102 Å². The Bertz CT molecular complexity index is 870. The smallest absolute Gasteiger partial charge is 0.303 e. The van der Waals surface area contributed by atoms with Crippen LogP contribution in [0.3, 0.4) is 0 Å². The Kier molecular flexibility index (Phi) is 4.73. The van der Waals surface area contributed by atoms with Crippen LogP contribution in [0.5, 0.6) is 0 Å². The first-order valence-corrected chi connectivity index (χ1v) is 12.2. The lowest BCUT2D eigenvalue weighted by molar-refractivity contribution is -0.224. The van der Waals surface area contributed by atoms with Gasteiger partial charge in [0.25, 0.3) is 0 Å². The van der Waals surface area contributed by atoms with E-state index in [9.17, 15) is 19.5 Å². The molecule has 10 atom stereocenters. The summed E-state index contributed by atoms with van der Waals surface area (Å²) in [5.41, 5.74) is -2.01. The Labute approximate surface area is 189 Å². The summed E-state index contributed by atoms with van der Waals surface area (Å²) in [4.78, 5) is 37.4. The molecule has 0 radical (unpaired) electrons. The summed E-state index contributed by atoms with van der Waals surface area (Å²) >= 11 is 0. The minimum atomic E-state index is -0.751. The number of ketones is 1. The summed E-state index contributed by atoms with van der Waals surface area (Å²) < 4.78 is 18.9. The fraction of sp³-hybridized carbons (Fsp3) is 0.880. The lowest BCUT2D eigenvalue weighted by Crippen LogP contribution is -2.70. The van der Waals surface area contributed by atoms with Crippen molar-refractivity contribution in [3.05, 3.63) is 0 Å². The van der Waals surface area contributed by atoms with Crippen molar-refractivity contribution in [2.45, 2.75) is 109 Å². The minimum absolute atomic E-state index is 0.0629. The first kappa shape index (κ1) is 22.3. The fourth-order valence-corrected chi connectivity index (χ4v) is 9.11. The Hall–Kier alpha value is -1.47. The molecule has 2 spiro atoms. The molecule has 178 valence electrons. The first-order chi connectivity index (χ1) is 14.9. The zero-order chi connectivity index (χ0) is 23.3. The van der Waals surface area contributed by atoms with Crippen LogP contribution in [0.15, 0.2) is 0 Å². The molecule has 1 aliphatic heterocycles. The number of carbonyl (C=O) groups is 3. The number of rotatable bonds is 3. The van der Waals surface area contributed by atoms with Gasteiger partial charge in [0, 0.05) is 31.1 Å². The molecule has 0 amide bonds. The maximum atomic E-state index is 12.8. The molecule has 32 heavy (non-hydrogen) atoms. The summed E-state index contributed by atoms with van der Waals surface area (Å²) in [6, 6.07) is 0. The number of epoxide rings is 1. The van der Waals surface area contributed by atoms with E-state index in [0.717, 1.165) is 32.1 Å². The average Bonchev–Trinajstić information content (AvgIpc) is 3.23. The Balaban J connectivity index is 1.69. The molecule has 1 N–H and O–H groups in total. The molecule has 5 rings (SSSR count). The van der Waals surface area contributed by atoms with Crippen molar-refractivity contribution >= 4 is 17.7 Å². The Morgan fingerprint density at radius 3 is 2.25 bits per heavy atom. The van der Waals surface area contributed by atoms with Crippen LogP contribution in [0.1, 0.15) is 79.6 Å². The third kappa shape index (κ3) is 2.53. The van der Waals surface area contributed by atoms with Gasteiger partial charge in [0.1, 0.15) is 29.2 Å². The number of ether oxygens (including phenoxy) is 3. The standard InChI is InChI=1S/C25H36O7/c1-13(26)18-8-11-25-23(18,5)21(31-15(3)28)19(30-14(2)27)20-22(4)9-7-17(29)12-16(22)6-10-24(20,25)32-25/h16-21,29H,6-12H2,1-5H3/t16-,17?,18-,19?,20+,21?,22-,23-,24-,25+/m0/s1. The highest BCUT2D eigenvalue weighted by molar-refractivity contribution is 5.81. The van der Waals surface area contributed by atoms with E-state index in [1.807, 2.05) is 6.92 Å². The molecular weight excluding hydrogens is 412 g/mol. The lowest BCUT2D eigenvalue weighted by atomic mass is 9.43. The van der Waals surface area contributed by atoms with Crippen molar-refractivity contribution in [3.8, 4) is 0 Å². The lowest BCUT2D eigenvalue weighted by Gasteiger charge is -2.61. The van der Waals surface area contributed by atoms with Gasteiger partial charge >= 0.3 is 11.9 Å². The van der Waals surface area contributed by atoms with Gasteiger partial charge in [0.15, 0.2) is 0 Å². The van der Waals surface area contributed by atoms with Gasteiger partial charge in [-0.3, -0.25) is 14.4 Å². The van der Waals surface area contributed by atoms with Crippen LogP contribution < -0.4 is 0 Å². The molecule has 1 heterocycles. The maximum absolute atomic E-state index is 12.8. The second-order valence-corrected chi connectivity index (χ2v) is 11.6. The van der Waals surface area contributed by atoms with Crippen molar-refractivity contribution < 1.29 is 33.7 Å². The van der Waals surface area contributed by atoms with Gasteiger partial charge in [-0.25, -0.2) is 0 Å². The van der Waals surface area contributed by atoms with E-state index in [1.165, 1.54) is 13.8 Å². The zero-order valence-corrected chi connectivity index (χ0v) is 19.8. The molecule has 0 aromatic rings. The van der Waals surface area contributed by atoms with E-state index in [4.69, 9.17) is 14.2 Å². The van der Waals surface area contributed by atoms with Gasteiger partial charge in [0.2, 0.25) is 0 Å². The van der Waals surface area contributed by atoms with Crippen LogP contribution in [0.2, 0.25) is 0 Å². The summed E-state index contributed by atoms with van der Waals surface area (Å²) in [5.74, 6) is -0.973. The first-order valence-electron chi connectivity index (χ1n) is 12.2. The second-order valence-electron chi connectivity index (χ2n) is 11.6. The summed E-state index contributed by atoms with van der Waals surface area (Å²) in [6.45, 7) is 8.62.